The minimum absolute atomic E-state index is 0.598. The van der Waals surface area contributed by atoms with Crippen molar-refractivity contribution in [2.75, 3.05) is 20.3 Å². The van der Waals surface area contributed by atoms with Crippen LogP contribution in [0.5, 0.6) is 0 Å². The topological polar surface area (TPSA) is 21.3 Å². The highest BCUT2D eigenvalue weighted by Crippen LogP contribution is 2.48. The summed E-state index contributed by atoms with van der Waals surface area (Å²) in [6.45, 7) is 6.93. The standard InChI is InChI=1S/C16H31NO/c1-13(2)14-5-4-6-15(11-14)17-12-16(7-8-16)9-10-18-3/h13-15,17H,4-12H2,1-3H3. The minimum atomic E-state index is 0.598. The molecule has 0 aromatic carbocycles. The van der Waals surface area contributed by atoms with Crippen molar-refractivity contribution in [3.05, 3.63) is 0 Å². The lowest BCUT2D eigenvalue weighted by Gasteiger charge is -2.33. The Labute approximate surface area is 113 Å². The molecule has 2 aliphatic carbocycles. The first-order valence-corrected chi connectivity index (χ1v) is 7.87. The Balaban J connectivity index is 1.70. The maximum absolute atomic E-state index is 5.23. The summed E-state index contributed by atoms with van der Waals surface area (Å²) in [6.07, 6.45) is 9.72. The fourth-order valence-electron chi connectivity index (χ4n) is 3.39. The Morgan fingerprint density at radius 2 is 2.06 bits per heavy atom. The molecule has 0 radical (unpaired) electrons. The molecular weight excluding hydrogens is 222 g/mol. The van der Waals surface area contributed by atoms with Crippen molar-refractivity contribution < 1.29 is 4.74 Å². The summed E-state index contributed by atoms with van der Waals surface area (Å²) < 4.78 is 5.23. The second-order valence-corrected chi connectivity index (χ2v) is 6.99. The van der Waals surface area contributed by atoms with Crippen molar-refractivity contribution in [3.8, 4) is 0 Å². The van der Waals surface area contributed by atoms with Gasteiger partial charge in [-0.25, -0.2) is 0 Å². The predicted octanol–water partition coefficient (Wildman–Crippen LogP) is 3.61. The zero-order chi connectivity index (χ0) is 13.0. The van der Waals surface area contributed by atoms with Crippen molar-refractivity contribution in [2.45, 2.75) is 64.8 Å². The van der Waals surface area contributed by atoms with Crippen molar-refractivity contribution >= 4 is 0 Å². The fourth-order valence-corrected chi connectivity index (χ4v) is 3.39. The monoisotopic (exact) mass is 253 g/mol. The first-order chi connectivity index (χ1) is 8.65. The predicted molar refractivity (Wildman–Crippen MR) is 76.7 cm³/mol. The number of methoxy groups -OCH3 is 1. The highest BCUT2D eigenvalue weighted by molar-refractivity contribution is 4.95. The molecule has 1 N–H and O–H groups in total. The summed E-state index contributed by atoms with van der Waals surface area (Å²) in [5, 5.41) is 3.86. The van der Waals surface area contributed by atoms with Gasteiger partial charge in [-0.3, -0.25) is 0 Å². The zero-order valence-electron chi connectivity index (χ0n) is 12.5. The van der Waals surface area contributed by atoms with Crippen LogP contribution in [-0.2, 0) is 4.74 Å². The van der Waals surface area contributed by atoms with Crippen molar-refractivity contribution in [1.82, 2.24) is 5.32 Å². The molecule has 2 saturated carbocycles. The highest BCUT2D eigenvalue weighted by Gasteiger charge is 2.42. The first-order valence-electron chi connectivity index (χ1n) is 7.87. The average molecular weight is 253 g/mol. The second kappa shape index (κ2) is 6.38. The third-order valence-corrected chi connectivity index (χ3v) is 5.22. The van der Waals surface area contributed by atoms with E-state index in [1.165, 1.54) is 51.5 Å². The molecule has 0 aromatic rings. The van der Waals surface area contributed by atoms with Gasteiger partial charge in [-0.2, -0.15) is 0 Å². The molecule has 0 heterocycles. The molecule has 0 saturated heterocycles. The van der Waals surface area contributed by atoms with Gasteiger partial charge < -0.3 is 10.1 Å². The molecule has 0 bridgehead atoms. The van der Waals surface area contributed by atoms with Crippen molar-refractivity contribution in [3.63, 3.8) is 0 Å². The molecule has 2 rings (SSSR count). The number of hydrogen-bond donors (Lipinski definition) is 1. The average Bonchev–Trinajstić information content (AvgIpc) is 3.15. The third kappa shape index (κ3) is 3.96. The van der Waals surface area contributed by atoms with Crippen LogP contribution in [0.1, 0.15) is 58.8 Å². The summed E-state index contributed by atoms with van der Waals surface area (Å²) in [6, 6.07) is 0.783. The van der Waals surface area contributed by atoms with Gasteiger partial charge in [-0.1, -0.05) is 26.7 Å². The van der Waals surface area contributed by atoms with E-state index in [0.717, 1.165) is 24.5 Å². The van der Waals surface area contributed by atoms with E-state index < -0.39 is 0 Å². The molecule has 0 aromatic heterocycles. The first kappa shape index (κ1) is 14.3. The Kier molecular flexibility index (Phi) is 5.08. The largest absolute Gasteiger partial charge is 0.385 e. The summed E-state index contributed by atoms with van der Waals surface area (Å²) in [7, 11) is 1.82. The van der Waals surface area contributed by atoms with E-state index in [0.29, 0.717) is 5.41 Å². The molecule has 2 unspecified atom stereocenters. The Hall–Kier alpha value is -0.0800. The molecule has 0 spiro atoms. The van der Waals surface area contributed by atoms with E-state index in [9.17, 15) is 0 Å². The maximum atomic E-state index is 5.23. The maximum Gasteiger partial charge on any atom is 0.0468 e. The lowest BCUT2D eigenvalue weighted by atomic mass is 9.79. The molecule has 2 atom stereocenters. The van der Waals surface area contributed by atoms with Gasteiger partial charge in [0.1, 0.15) is 0 Å². The fraction of sp³-hybridized carbons (Fsp3) is 1.00. The summed E-state index contributed by atoms with van der Waals surface area (Å²) in [5.41, 5.74) is 0.598. The molecule has 2 heteroatoms. The van der Waals surface area contributed by atoms with Gasteiger partial charge in [0.15, 0.2) is 0 Å². The van der Waals surface area contributed by atoms with E-state index in [2.05, 4.69) is 19.2 Å². The lowest BCUT2D eigenvalue weighted by molar-refractivity contribution is 0.166. The normalized spacial score (nSPS) is 30.7. The molecule has 0 amide bonds. The molecular formula is C16H31NO. The van der Waals surface area contributed by atoms with Gasteiger partial charge in [0.05, 0.1) is 0 Å². The van der Waals surface area contributed by atoms with Crippen LogP contribution in [0.25, 0.3) is 0 Å². The van der Waals surface area contributed by atoms with Crippen molar-refractivity contribution in [2.24, 2.45) is 17.3 Å². The van der Waals surface area contributed by atoms with E-state index in [-0.39, 0.29) is 0 Å². The van der Waals surface area contributed by atoms with E-state index in [1.807, 2.05) is 7.11 Å². The van der Waals surface area contributed by atoms with E-state index in [4.69, 9.17) is 4.74 Å². The van der Waals surface area contributed by atoms with Crippen LogP contribution in [0.15, 0.2) is 0 Å². The van der Waals surface area contributed by atoms with Gasteiger partial charge in [0.2, 0.25) is 0 Å². The van der Waals surface area contributed by atoms with Crippen LogP contribution < -0.4 is 5.32 Å². The number of hydrogen-bond acceptors (Lipinski definition) is 2. The molecule has 2 aliphatic rings. The van der Waals surface area contributed by atoms with Gasteiger partial charge in [-0.15, -0.1) is 0 Å². The Morgan fingerprint density at radius 1 is 1.28 bits per heavy atom. The summed E-state index contributed by atoms with van der Waals surface area (Å²) in [4.78, 5) is 0. The minimum Gasteiger partial charge on any atom is -0.385 e. The SMILES string of the molecule is COCCC1(CNC2CCCC(C(C)C)C2)CC1. The molecule has 18 heavy (non-hydrogen) atoms. The van der Waals surface area contributed by atoms with E-state index >= 15 is 0 Å². The van der Waals surface area contributed by atoms with Crippen LogP contribution in [-0.4, -0.2) is 26.3 Å². The quantitative estimate of drug-likeness (QED) is 0.748. The highest BCUT2D eigenvalue weighted by atomic mass is 16.5. The van der Waals surface area contributed by atoms with Crippen molar-refractivity contribution in [1.29, 1.82) is 0 Å². The van der Waals surface area contributed by atoms with Crippen LogP contribution >= 0.6 is 0 Å². The number of ether oxygens (including phenoxy) is 1. The molecule has 106 valence electrons. The van der Waals surface area contributed by atoms with Gasteiger partial charge in [0, 0.05) is 26.3 Å². The number of rotatable bonds is 7. The van der Waals surface area contributed by atoms with Gasteiger partial charge in [0.25, 0.3) is 0 Å². The molecule has 2 nitrogen and oxygen atoms in total. The summed E-state index contributed by atoms with van der Waals surface area (Å²) >= 11 is 0. The zero-order valence-corrected chi connectivity index (χ0v) is 12.5. The van der Waals surface area contributed by atoms with Crippen LogP contribution in [0, 0.1) is 17.3 Å². The van der Waals surface area contributed by atoms with Gasteiger partial charge in [-0.05, 0) is 49.4 Å². The van der Waals surface area contributed by atoms with Gasteiger partial charge >= 0.3 is 0 Å². The van der Waals surface area contributed by atoms with Crippen LogP contribution in [0.4, 0.5) is 0 Å². The smallest absolute Gasteiger partial charge is 0.0468 e. The molecule has 0 aliphatic heterocycles. The Bertz CT molecular complexity index is 247. The van der Waals surface area contributed by atoms with Crippen LogP contribution in [0.3, 0.4) is 0 Å². The lowest BCUT2D eigenvalue weighted by Crippen LogP contribution is -2.38. The Morgan fingerprint density at radius 3 is 2.67 bits per heavy atom. The number of nitrogens with one attached hydrogen (secondary N) is 1. The summed E-state index contributed by atoms with van der Waals surface area (Å²) in [5.74, 6) is 1.81. The third-order valence-electron chi connectivity index (χ3n) is 5.22. The van der Waals surface area contributed by atoms with Crippen LogP contribution in [0.2, 0.25) is 0 Å². The second-order valence-electron chi connectivity index (χ2n) is 6.99. The van der Waals surface area contributed by atoms with E-state index in [1.54, 1.807) is 0 Å². The molecule has 2 fully saturated rings.